The molecule has 0 spiro atoms. The van der Waals surface area contributed by atoms with Crippen LogP contribution < -0.4 is 10.6 Å². The minimum atomic E-state index is -0.484. The number of nitrogens with one attached hydrogen (secondary N) is 2. The molecule has 1 amide bonds. The summed E-state index contributed by atoms with van der Waals surface area (Å²) in [4.78, 5) is 17.6. The van der Waals surface area contributed by atoms with Crippen molar-refractivity contribution in [2.45, 2.75) is 51.7 Å². The Kier molecular flexibility index (Phi) is 10.3. The fourth-order valence-electron chi connectivity index (χ4n) is 2.37. The average molecular weight is 373 g/mol. The van der Waals surface area contributed by atoms with Crippen LogP contribution in [0.25, 0.3) is 0 Å². The van der Waals surface area contributed by atoms with Crippen LogP contribution >= 0.6 is 0 Å². The number of guanidine groups is 1. The number of ether oxygens (including phenoxy) is 3. The third-order valence-electron chi connectivity index (χ3n) is 3.75. The summed E-state index contributed by atoms with van der Waals surface area (Å²) in [5.41, 5.74) is -0.484. The Bertz CT molecular complexity index is 431. The molecule has 8 nitrogen and oxygen atoms in total. The number of aliphatic imine (C=N–C) groups is 1. The van der Waals surface area contributed by atoms with Crippen LogP contribution in [0.15, 0.2) is 4.99 Å². The summed E-state index contributed by atoms with van der Waals surface area (Å²) in [6.07, 6.45) is 3.09. The molecule has 0 bridgehead atoms. The lowest BCUT2D eigenvalue weighted by atomic mass is 10.2. The molecule has 26 heavy (non-hydrogen) atoms. The highest BCUT2D eigenvalue weighted by Gasteiger charge is 2.19. The van der Waals surface area contributed by atoms with E-state index in [4.69, 9.17) is 14.2 Å². The van der Waals surface area contributed by atoms with Gasteiger partial charge in [0.05, 0.1) is 12.7 Å². The van der Waals surface area contributed by atoms with Crippen LogP contribution in [0.5, 0.6) is 0 Å². The molecular weight excluding hydrogens is 336 g/mol. The summed E-state index contributed by atoms with van der Waals surface area (Å²) in [7, 11) is 3.44. The molecule has 0 radical (unpaired) electrons. The zero-order valence-corrected chi connectivity index (χ0v) is 17.0. The quantitative estimate of drug-likeness (QED) is 0.363. The predicted octanol–water partition coefficient (Wildman–Crippen LogP) is 1.60. The van der Waals surface area contributed by atoms with Gasteiger partial charge in [0, 0.05) is 46.9 Å². The van der Waals surface area contributed by atoms with E-state index >= 15 is 0 Å². The van der Waals surface area contributed by atoms with Gasteiger partial charge in [-0.2, -0.15) is 0 Å². The van der Waals surface area contributed by atoms with Crippen LogP contribution in [0.2, 0.25) is 0 Å². The second-order valence-corrected chi connectivity index (χ2v) is 7.39. The molecule has 1 aliphatic heterocycles. The minimum Gasteiger partial charge on any atom is -0.444 e. The van der Waals surface area contributed by atoms with E-state index in [2.05, 4.69) is 15.6 Å². The Hall–Kier alpha value is -1.54. The smallest absolute Gasteiger partial charge is 0.410 e. The van der Waals surface area contributed by atoms with Crippen molar-refractivity contribution in [3.8, 4) is 0 Å². The van der Waals surface area contributed by atoms with Crippen molar-refractivity contribution in [3.05, 3.63) is 0 Å². The van der Waals surface area contributed by atoms with Gasteiger partial charge in [0.2, 0.25) is 0 Å². The van der Waals surface area contributed by atoms with E-state index in [1.165, 1.54) is 0 Å². The molecule has 1 atom stereocenters. The molecule has 1 heterocycles. The molecule has 0 saturated carbocycles. The Labute approximate surface area is 157 Å². The van der Waals surface area contributed by atoms with Crippen LogP contribution in [0.1, 0.15) is 40.0 Å². The summed E-state index contributed by atoms with van der Waals surface area (Å²) in [6.45, 7) is 9.70. The second kappa shape index (κ2) is 12.0. The molecule has 152 valence electrons. The Morgan fingerprint density at radius 1 is 1.31 bits per heavy atom. The average Bonchev–Trinajstić information content (AvgIpc) is 3.07. The van der Waals surface area contributed by atoms with E-state index in [0.29, 0.717) is 32.3 Å². The summed E-state index contributed by atoms with van der Waals surface area (Å²) in [5, 5.41) is 6.41. The number of hydrogen-bond donors (Lipinski definition) is 2. The van der Waals surface area contributed by atoms with Crippen molar-refractivity contribution < 1.29 is 19.0 Å². The maximum Gasteiger partial charge on any atom is 0.410 e. The van der Waals surface area contributed by atoms with E-state index < -0.39 is 5.60 Å². The normalized spacial score (nSPS) is 17.9. The number of carbonyl (C=O) groups is 1. The highest BCUT2D eigenvalue weighted by molar-refractivity contribution is 5.79. The monoisotopic (exact) mass is 372 g/mol. The van der Waals surface area contributed by atoms with Gasteiger partial charge < -0.3 is 29.7 Å². The van der Waals surface area contributed by atoms with Crippen molar-refractivity contribution in [3.63, 3.8) is 0 Å². The molecule has 0 aliphatic carbocycles. The standard InChI is InChI=1S/C18H36N4O4/c1-18(2,3)26-17(23)22(5)11-10-21-16(19-4)20-9-7-12-24-14-15-8-6-13-25-15/h15H,6-14H2,1-5H3,(H2,19,20,21). The van der Waals surface area contributed by atoms with Crippen LogP contribution in [0, 0.1) is 0 Å². The van der Waals surface area contributed by atoms with Crippen LogP contribution in [-0.4, -0.2) is 82.2 Å². The van der Waals surface area contributed by atoms with Gasteiger partial charge in [-0.15, -0.1) is 0 Å². The van der Waals surface area contributed by atoms with Crippen molar-refractivity contribution in [1.82, 2.24) is 15.5 Å². The molecule has 0 aromatic heterocycles. The van der Waals surface area contributed by atoms with E-state index in [0.717, 1.165) is 32.4 Å². The van der Waals surface area contributed by atoms with E-state index in [1.807, 2.05) is 20.8 Å². The van der Waals surface area contributed by atoms with Crippen LogP contribution in [0.4, 0.5) is 4.79 Å². The highest BCUT2D eigenvalue weighted by atomic mass is 16.6. The van der Waals surface area contributed by atoms with Gasteiger partial charge in [0.15, 0.2) is 5.96 Å². The second-order valence-electron chi connectivity index (χ2n) is 7.39. The van der Waals surface area contributed by atoms with Gasteiger partial charge in [0.1, 0.15) is 5.60 Å². The number of carbonyl (C=O) groups excluding carboxylic acids is 1. The SMILES string of the molecule is CN=C(NCCCOCC1CCCO1)NCCN(C)C(=O)OC(C)(C)C. The Balaban J connectivity index is 2.06. The first-order valence-corrected chi connectivity index (χ1v) is 9.40. The topological polar surface area (TPSA) is 84.4 Å². The summed E-state index contributed by atoms with van der Waals surface area (Å²) in [5.74, 6) is 0.710. The molecule has 0 aromatic rings. The number of rotatable bonds is 9. The Morgan fingerprint density at radius 2 is 2.04 bits per heavy atom. The fraction of sp³-hybridized carbons (Fsp3) is 0.889. The Morgan fingerprint density at radius 3 is 2.65 bits per heavy atom. The van der Waals surface area contributed by atoms with E-state index in [-0.39, 0.29) is 12.2 Å². The third-order valence-corrected chi connectivity index (χ3v) is 3.75. The summed E-state index contributed by atoms with van der Waals surface area (Å²) < 4.78 is 16.5. The fourth-order valence-corrected chi connectivity index (χ4v) is 2.37. The zero-order valence-electron chi connectivity index (χ0n) is 17.0. The van der Waals surface area contributed by atoms with Crippen molar-refractivity contribution in [1.29, 1.82) is 0 Å². The molecule has 8 heteroatoms. The van der Waals surface area contributed by atoms with Crippen LogP contribution in [-0.2, 0) is 14.2 Å². The first kappa shape index (κ1) is 22.5. The number of amides is 1. The van der Waals surface area contributed by atoms with Gasteiger partial charge >= 0.3 is 6.09 Å². The third kappa shape index (κ3) is 10.5. The number of hydrogen-bond acceptors (Lipinski definition) is 5. The van der Waals surface area contributed by atoms with Crippen molar-refractivity contribution >= 4 is 12.1 Å². The van der Waals surface area contributed by atoms with Crippen molar-refractivity contribution in [2.75, 3.05) is 53.6 Å². The van der Waals surface area contributed by atoms with Gasteiger partial charge in [-0.1, -0.05) is 0 Å². The lowest BCUT2D eigenvalue weighted by molar-refractivity contribution is 0.0168. The van der Waals surface area contributed by atoms with Gasteiger partial charge in [-0.25, -0.2) is 4.79 Å². The molecule has 0 aromatic carbocycles. The van der Waals surface area contributed by atoms with Gasteiger partial charge in [-0.3, -0.25) is 4.99 Å². The minimum absolute atomic E-state index is 0.277. The van der Waals surface area contributed by atoms with E-state index in [9.17, 15) is 4.79 Å². The largest absolute Gasteiger partial charge is 0.444 e. The lowest BCUT2D eigenvalue weighted by Gasteiger charge is -2.24. The summed E-state index contributed by atoms with van der Waals surface area (Å²) in [6, 6.07) is 0. The number of likely N-dealkylation sites (N-methyl/N-ethyl adjacent to an activating group) is 1. The van der Waals surface area contributed by atoms with E-state index in [1.54, 1.807) is 19.0 Å². The molecule has 2 N–H and O–H groups in total. The first-order chi connectivity index (χ1) is 12.3. The lowest BCUT2D eigenvalue weighted by Crippen LogP contribution is -2.43. The first-order valence-electron chi connectivity index (χ1n) is 9.40. The molecule has 1 rings (SSSR count). The highest BCUT2D eigenvalue weighted by Crippen LogP contribution is 2.11. The molecule has 1 saturated heterocycles. The van der Waals surface area contributed by atoms with Gasteiger partial charge in [0.25, 0.3) is 0 Å². The van der Waals surface area contributed by atoms with Gasteiger partial charge in [-0.05, 0) is 40.0 Å². The molecule has 1 aliphatic rings. The maximum absolute atomic E-state index is 11.9. The molecule has 1 fully saturated rings. The zero-order chi connectivity index (χ0) is 19.4. The molecular formula is C18H36N4O4. The maximum atomic E-state index is 11.9. The van der Waals surface area contributed by atoms with Crippen molar-refractivity contribution in [2.24, 2.45) is 4.99 Å². The molecule has 1 unspecified atom stereocenters. The predicted molar refractivity (Wildman–Crippen MR) is 103 cm³/mol. The number of nitrogens with zero attached hydrogens (tertiary/aromatic N) is 2. The van der Waals surface area contributed by atoms with Crippen LogP contribution in [0.3, 0.4) is 0 Å². The summed E-state index contributed by atoms with van der Waals surface area (Å²) >= 11 is 0.